The van der Waals surface area contributed by atoms with Gasteiger partial charge in [-0.1, -0.05) is 11.6 Å². The predicted octanol–water partition coefficient (Wildman–Crippen LogP) is 1.92. The van der Waals surface area contributed by atoms with E-state index in [1.165, 1.54) is 12.1 Å². The maximum Gasteiger partial charge on any atom is 0.270 e. The summed E-state index contributed by atoms with van der Waals surface area (Å²) in [5, 5.41) is 14.2. The fourth-order valence-electron chi connectivity index (χ4n) is 1.51. The van der Waals surface area contributed by atoms with Crippen molar-refractivity contribution < 1.29 is 9.66 Å². The van der Waals surface area contributed by atoms with E-state index in [2.05, 4.69) is 10.2 Å². The number of likely N-dealkylation sites (N-methyl/N-ethyl adjacent to an activating group) is 1. The van der Waals surface area contributed by atoms with Crippen LogP contribution in [0.3, 0.4) is 0 Å². The Hall–Kier alpha value is -1.21. The van der Waals surface area contributed by atoms with E-state index in [4.69, 9.17) is 16.3 Å². The number of benzene rings is 1. The minimum atomic E-state index is -0.457. The van der Waals surface area contributed by atoms with E-state index in [0.29, 0.717) is 31.3 Å². The highest BCUT2D eigenvalue weighted by molar-refractivity contribution is 6.31. The van der Waals surface area contributed by atoms with Crippen molar-refractivity contribution in [1.29, 1.82) is 0 Å². The molecule has 0 saturated carbocycles. The van der Waals surface area contributed by atoms with Crippen molar-refractivity contribution in [2.45, 2.75) is 6.54 Å². The largest absolute Gasteiger partial charge is 0.379 e. The summed E-state index contributed by atoms with van der Waals surface area (Å²) in [5.41, 5.74) is 0.844. The van der Waals surface area contributed by atoms with Gasteiger partial charge in [0.15, 0.2) is 0 Å². The van der Waals surface area contributed by atoms with Crippen LogP contribution in [0.25, 0.3) is 0 Å². The zero-order valence-electron chi connectivity index (χ0n) is 11.8. The normalized spacial score (nSPS) is 11.0. The van der Waals surface area contributed by atoms with E-state index in [9.17, 15) is 10.1 Å². The Morgan fingerprint density at radius 1 is 1.40 bits per heavy atom. The van der Waals surface area contributed by atoms with Crippen molar-refractivity contribution in [1.82, 2.24) is 10.2 Å². The van der Waals surface area contributed by atoms with Crippen molar-refractivity contribution in [2.75, 3.05) is 40.4 Å². The molecule has 0 unspecified atom stereocenters. The molecule has 6 nitrogen and oxygen atoms in total. The fraction of sp³-hybridized carbons (Fsp3) is 0.538. The summed E-state index contributed by atoms with van der Waals surface area (Å²) in [4.78, 5) is 12.2. The van der Waals surface area contributed by atoms with E-state index >= 15 is 0 Å². The first-order valence-corrected chi connectivity index (χ1v) is 6.74. The van der Waals surface area contributed by atoms with Gasteiger partial charge < -0.3 is 15.0 Å². The van der Waals surface area contributed by atoms with Crippen molar-refractivity contribution in [3.8, 4) is 0 Å². The average molecular weight is 302 g/mol. The van der Waals surface area contributed by atoms with Gasteiger partial charge in [0.1, 0.15) is 0 Å². The van der Waals surface area contributed by atoms with Gasteiger partial charge in [-0.15, -0.1) is 0 Å². The number of nitrogens with zero attached hydrogens (tertiary/aromatic N) is 2. The van der Waals surface area contributed by atoms with Crippen LogP contribution in [0.2, 0.25) is 5.02 Å². The summed E-state index contributed by atoms with van der Waals surface area (Å²) in [5.74, 6) is 0. The maximum atomic E-state index is 10.6. The Morgan fingerprint density at radius 3 is 2.75 bits per heavy atom. The zero-order valence-corrected chi connectivity index (χ0v) is 12.5. The van der Waals surface area contributed by atoms with E-state index in [1.54, 1.807) is 6.07 Å². The highest BCUT2D eigenvalue weighted by Gasteiger charge is 2.08. The van der Waals surface area contributed by atoms with Gasteiger partial charge in [0, 0.05) is 31.8 Å². The molecular weight excluding hydrogens is 282 g/mol. The lowest BCUT2D eigenvalue weighted by atomic mass is 10.2. The number of nitro groups is 1. The first-order valence-electron chi connectivity index (χ1n) is 6.36. The predicted molar refractivity (Wildman–Crippen MR) is 79.2 cm³/mol. The van der Waals surface area contributed by atoms with Gasteiger partial charge in [-0.05, 0) is 25.7 Å². The lowest BCUT2D eigenvalue weighted by Crippen LogP contribution is -2.23. The lowest BCUT2D eigenvalue weighted by molar-refractivity contribution is -0.384. The number of non-ortho nitro benzene ring substituents is 1. The summed E-state index contributed by atoms with van der Waals surface area (Å²) < 4.78 is 5.44. The van der Waals surface area contributed by atoms with Crippen LogP contribution in [0.4, 0.5) is 5.69 Å². The van der Waals surface area contributed by atoms with E-state index < -0.39 is 4.92 Å². The van der Waals surface area contributed by atoms with Crippen LogP contribution in [0.15, 0.2) is 18.2 Å². The molecular formula is C13H20ClN3O3. The molecule has 0 aliphatic rings. The summed E-state index contributed by atoms with van der Waals surface area (Å²) in [6.45, 7) is 3.49. The third-order valence-electron chi connectivity index (χ3n) is 2.67. The Balaban J connectivity index is 2.24. The highest BCUT2D eigenvalue weighted by Crippen LogP contribution is 2.22. The molecule has 7 heteroatoms. The zero-order chi connectivity index (χ0) is 15.0. The highest BCUT2D eigenvalue weighted by atomic mass is 35.5. The molecule has 1 aromatic rings. The summed E-state index contributed by atoms with van der Waals surface area (Å²) in [6.07, 6.45) is 0. The summed E-state index contributed by atoms with van der Waals surface area (Å²) in [6, 6.07) is 4.49. The number of hydrogen-bond acceptors (Lipinski definition) is 5. The molecule has 112 valence electrons. The fourth-order valence-corrected chi connectivity index (χ4v) is 1.75. The minimum absolute atomic E-state index is 0.00534. The number of rotatable bonds is 9. The molecule has 1 N–H and O–H groups in total. The Labute approximate surface area is 123 Å². The standard InChI is InChI=1S/C13H20ClN3O3/c1-16(2)6-8-20-7-5-15-10-11-3-4-12(17(18)19)9-13(11)14/h3-4,9,15H,5-8,10H2,1-2H3. The Kier molecular flexibility index (Phi) is 7.46. The van der Waals surface area contributed by atoms with E-state index in [1.807, 2.05) is 14.1 Å². The maximum absolute atomic E-state index is 10.6. The van der Waals surface area contributed by atoms with Crippen LogP contribution in [-0.4, -0.2) is 50.2 Å². The summed E-state index contributed by atoms with van der Waals surface area (Å²) in [7, 11) is 4.00. The van der Waals surface area contributed by atoms with Gasteiger partial charge in [-0.3, -0.25) is 10.1 Å². The molecule has 0 atom stereocenters. The van der Waals surface area contributed by atoms with Gasteiger partial charge in [0.05, 0.1) is 23.2 Å². The van der Waals surface area contributed by atoms with Crippen molar-refractivity contribution >= 4 is 17.3 Å². The molecule has 0 amide bonds. The summed E-state index contributed by atoms with van der Waals surface area (Å²) >= 11 is 5.99. The van der Waals surface area contributed by atoms with Crippen molar-refractivity contribution in [2.24, 2.45) is 0 Å². The van der Waals surface area contributed by atoms with Gasteiger partial charge in [-0.25, -0.2) is 0 Å². The molecule has 0 aliphatic heterocycles. The van der Waals surface area contributed by atoms with Gasteiger partial charge in [0.2, 0.25) is 0 Å². The van der Waals surface area contributed by atoms with Crippen molar-refractivity contribution in [3.63, 3.8) is 0 Å². The molecule has 0 fully saturated rings. The molecule has 1 rings (SSSR count). The second-order valence-corrected chi connectivity index (χ2v) is 5.03. The third kappa shape index (κ3) is 6.29. The molecule has 0 spiro atoms. The SMILES string of the molecule is CN(C)CCOCCNCc1ccc([N+](=O)[O-])cc1Cl. The van der Waals surface area contributed by atoms with Crippen LogP contribution < -0.4 is 5.32 Å². The number of nitro benzene ring substituents is 1. The number of hydrogen-bond donors (Lipinski definition) is 1. The van der Waals surface area contributed by atoms with E-state index in [-0.39, 0.29) is 5.69 Å². The van der Waals surface area contributed by atoms with Crippen LogP contribution >= 0.6 is 11.6 Å². The van der Waals surface area contributed by atoms with Crippen LogP contribution in [0.5, 0.6) is 0 Å². The number of halogens is 1. The topological polar surface area (TPSA) is 67.6 Å². The molecule has 0 heterocycles. The van der Waals surface area contributed by atoms with Crippen molar-refractivity contribution in [3.05, 3.63) is 38.9 Å². The monoisotopic (exact) mass is 301 g/mol. The smallest absolute Gasteiger partial charge is 0.270 e. The van der Waals surface area contributed by atoms with Crippen LogP contribution in [-0.2, 0) is 11.3 Å². The van der Waals surface area contributed by atoms with Gasteiger partial charge >= 0.3 is 0 Å². The second kappa shape index (κ2) is 8.86. The average Bonchev–Trinajstić information content (AvgIpc) is 2.38. The molecule has 0 saturated heterocycles. The number of ether oxygens (including phenoxy) is 1. The van der Waals surface area contributed by atoms with Crippen LogP contribution in [0.1, 0.15) is 5.56 Å². The number of nitrogens with one attached hydrogen (secondary N) is 1. The lowest BCUT2D eigenvalue weighted by Gasteiger charge is -2.10. The van der Waals surface area contributed by atoms with E-state index in [0.717, 1.165) is 12.1 Å². The Morgan fingerprint density at radius 2 is 2.15 bits per heavy atom. The third-order valence-corrected chi connectivity index (χ3v) is 3.02. The minimum Gasteiger partial charge on any atom is -0.379 e. The quantitative estimate of drug-likeness (QED) is 0.429. The second-order valence-electron chi connectivity index (χ2n) is 4.63. The van der Waals surface area contributed by atoms with Crippen LogP contribution in [0, 0.1) is 10.1 Å². The molecule has 0 radical (unpaired) electrons. The molecule has 20 heavy (non-hydrogen) atoms. The first kappa shape index (κ1) is 16.8. The van der Waals surface area contributed by atoms with Gasteiger partial charge in [-0.2, -0.15) is 0 Å². The molecule has 0 bridgehead atoms. The van der Waals surface area contributed by atoms with Gasteiger partial charge in [0.25, 0.3) is 5.69 Å². The molecule has 0 aromatic heterocycles. The molecule has 0 aliphatic carbocycles. The first-order chi connectivity index (χ1) is 9.50. The Bertz CT molecular complexity index is 441. The molecule has 1 aromatic carbocycles.